The molecule has 4 rings (SSSR count). The van der Waals surface area contributed by atoms with Gasteiger partial charge in [-0.2, -0.15) is 0 Å². The van der Waals surface area contributed by atoms with Crippen molar-refractivity contribution < 1.29 is 4.79 Å². The van der Waals surface area contributed by atoms with Gasteiger partial charge >= 0.3 is 5.69 Å². The van der Waals surface area contributed by atoms with Crippen LogP contribution >= 0.6 is 11.8 Å². The molecule has 2 aromatic heterocycles. The Morgan fingerprint density at radius 1 is 1.20 bits per heavy atom. The number of thioether (sulfide) groups is 1. The molecule has 10 nitrogen and oxygen atoms in total. The van der Waals surface area contributed by atoms with Crippen molar-refractivity contribution in [3.63, 3.8) is 0 Å². The zero-order valence-corrected chi connectivity index (χ0v) is 18.0. The number of rotatable bonds is 3. The maximum absolute atomic E-state index is 12.9. The lowest BCUT2D eigenvalue weighted by Crippen LogP contribution is -2.50. The van der Waals surface area contributed by atoms with E-state index in [-0.39, 0.29) is 29.5 Å². The molecule has 30 heavy (non-hydrogen) atoms. The molecule has 1 amide bonds. The van der Waals surface area contributed by atoms with Gasteiger partial charge in [0.2, 0.25) is 5.91 Å². The molecule has 160 valence electrons. The summed E-state index contributed by atoms with van der Waals surface area (Å²) in [7, 11) is 1.42. The smallest absolute Gasteiger partial charge is 0.329 e. The van der Waals surface area contributed by atoms with Gasteiger partial charge in [0.25, 0.3) is 11.1 Å². The summed E-state index contributed by atoms with van der Waals surface area (Å²) in [6.45, 7) is 5.60. The number of aromatic amines is 1. The van der Waals surface area contributed by atoms with Gasteiger partial charge in [-0.3, -0.25) is 28.5 Å². The molecule has 0 radical (unpaired) electrons. The Kier molecular flexibility index (Phi) is 5.31. The van der Waals surface area contributed by atoms with Crippen molar-refractivity contribution in [2.75, 3.05) is 36.8 Å². The van der Waals surface area contributed by atoms with Gasteiger partial charge in [0.15, 0.2) is 5.16 Å². The van der Waals surface area contributed by atoms with Crippen LogP contribution in [-0.2, 0) is 11.8 Å². The van der Waals surface area contributed by atoms with Crippen LogP contribution in [0.2, 0.25) is 0 Å². The van der Waals surface area contributed by atoms with E-state index in [1.807, 2.05) is 11.8 Å². The molecule has 0 saturated carbocycles. The topological polar surface area (TPSA) is 113 Å². The molecule has 0 aliphatic carbocycles. The van der Waals surface area contributed by atoms with Crippen LogP contribution in [0.3, 0.4) is 0 Å². The Bertz CT molecular complexity index is 1140. The van der Waals surface area contributed by atoms with Gasteiger partial charge in [0, 0.05) is 62.7 Å². The molecular formula is C19H24N6O4S. The fourth-order valence-corrected chi connectivity index (χ4v) is 4.94. The number of aromatic nitrogens is 4. The summed E-state index contributed by atoms with van der Waals surface area (Å²) in [5, 5.41) is 0.681. The van der Waals surface area contributed by atoms with Crippen molar-refractivity contribution in [2.45, 2.75) is 31.5 Å². The largest absolute Gasteiger partial charge is 0.354 e. The van der Waals surface area contributed by atoms with Gasteiger partial charge < -0.3 is 9.80 Å². The van der Waals surface area contributed by atoms with Crippen LogP contribution in [0.15, 0.2) is 25.6 Å². The summed E-state index contributed by atoms with van der Waals surface area (Å²) in [6, 6.07) is 1.21. The standard InChI is InChI=1S/C19H24N6O4S/c1-11-12(2)20-19-25(17(11)28)13(10-30-19)8-16(27)24-6-4-23(5-7-24)14-9-15(26)22(3)18(29)21-14/h9,13H,4-8,10H2,1-3H3,(H,21,29). The van der Waals surface area contributed by atoms with Gasteiger partial charge in [-0.15, -0.1) is 0 Å². The van der Waals surface area contributed by atoms with Gasteiger partial charge in [-0.05, 0) is 13.8 Å². The van der Waals surface area contributed by atoms with Gasteiger partial charge in [-0.1, -0.05) is 11.8 Å². The summed E-state index contributed by atoms with van der Waals surface area (Å²) in [5.41, 5.74) is 0.456. The second kappa shape index (κ2) is 7.78. The minimum Gasteiger partial charge on any atom is -0.354 e. The highest BCUT2D eigenvalue weighted by molar-refractivity contribution is 7.99. The maximum atomic E-state index is 12.9. The van der Waals surface area contributed by atoms with E-state index >= 15 is 0 Å². The fraction of sp³-hybridized carbons (Fsp3) is 0.526. The van der Waals surface area contributed by atoms with Crippen LogP contribution in [0.1, 0.15) is 23.7 Å². The molecule has 1 N–H and O–H groups in total. The Balaban J connectivity index is 1.42. The minimum atomic E-state index is -0.460. The molecular weight excluding hydrogens is 408 g/mol. The number of anilines is 1. The molecule has 0 bridgehead atoms. The lowest BCUT2D eigenvalue weighted by atomic mass is 10.1. The van der Waals surface area contributed by atoms with Crippen molar-refractivity contribution in [1.82, 2.24) is 24.0 Å². The zero-order valence-electron chi connectivity index (χ0n) is 17.2. The first-order valence-electron chi connectivity index (χ1n) is 9.82. The average Bonchev–Trinajstić information content (AvgIpc) is 3.12. The molecule has 0 aromatic carbocycles. The molecule has 1 unspecified atom stereocenters. The number of aryl methyl sites for hydroxylation is 1. The summed E-state index contributed by atoms with van der Waals surface area (Å²) < 4.78 is 2.67. The summed E-state index contributed by atoms with van der Waals surface area (Å²) >= 11 is 1.51. The van der Waals surface area contributed by atoms with Gasteiger partial charge in [0.05, 0.1) is 6.04 Å². The Morgan fingerprint density at radius 2 is 1.90 bits per heavy atom. The number of hydrogen-bond donors (Lipinski definition) is 1. The van der Waals surface area contributed by atoms with Crippen LogP contribution in [0.25, 0.3) is 0 Å². The first kappa shape index (κ1) is 20.5. The summed E-state index contributed by atoms with van der Waals surface area (Å²) in [5.74, 6) is 1.13. The number of carbonyl (C=O) groups is 1. The number of H-pyrrole nitrogens is 1. The van der Waals surface area contributed by atoms with Gasteiger partial charge in [0.1, 0.15) is 5.82 Å². The van der Waals surface area contributed by atoms with Gasteiger partial charge in [-0.25, -0.2) is 9.78 Å². The van der Waals surface area contributed by atoms with E-state index in [0.29, 0.717) is 48.5 Å². The lowest BCUT2D eigenvalue weighted by Gasteiger charge is -2.36. The highest BCUT2D eigenvalue weighted by atomic mass is 32.2. The van der Waals surface area contributed by atoms with E-state index in [0.717, 1.165) is 10.3 Å². The predicted molar refractivity (Wildman–Crippen MR) is 113 cm³/mol. The van der Waals surface area contributed by atoms with Crippen molar-refractivity contribution in [1.29, 1.82) is 0 Å². The highest BCUT2D eigenvalue weighted by Gasteiger charge is 2.31. The third-order valence-electron chi connectivity index (χ3n) is 5.84. The number of hydrogen-bond acceptors (Lipinski definition) is 7. The lowest BCUT2D eigenvalue weighted by molar-refractivity contribution is -0.132. The second-order valence-electron chi connectivity index (χ2n) is 7.67. The van der Waals surface area contributed by atoms with Crippen LogP contribution < -0.4 is 21.7 Å². The normalized spacial score (nSPS) is 18.6. The molecule has 4 heterocycles. The average molecular weight is 433 g/mol. The number of nitrogens with one attached hydrogen (secondary N) is 1. The first-order chi connectivity index (χ1) is 14.3. The monoisotopic (exact) mass is 432 g/mol. The van der Waals surface area contributed by atoms with Crippen molar-refractivity contribution in [3.8, 4) is 0 Å². The molecule has 1 saturated heterocycles. The van der Waals surface area contributed by atoms with E-state index < -0.39 is 5.69 Å². The number of nitrogens with zero attached hydrogens (tertiary/aromatic N) is 5. The molecule has 1 fully saturated rings. The zero-order chi connectivity index (χ0) is 21.6. The maximum Gasteiger partial charge on any atom is 0.329 e. The molecule has 2 aromatic rings. The second-order valence-corrected chi connectivity index (χ2v) is 8.66. The molecule has 0 spiro atoms. The first-order valence-corrected chi connectivity index (χ1v) is 10.8. The highest BCUT2D eigenvalue weighted by Crippen LogP contribution is 2.33. The quantitative estimate of drug-likeness (QED) is 0.659. The van der Waals surface area contributed by atoms with Crippen LogP contribution in [0, 0.1) is 13.8 Å². The van der Waals surface area contributed by atoms with Crippen molar-refractivity contribution >= 4 is 23.5 Å². The third kappa shape index (κ3) is 3.57. The van der Waals surface area contributed by atoms with E-state index in [1.54, 1.807) is 16.4 Å². The summed E-state index contributed by atoms with van der Waals surface area (Å²) in [4.78, 5) is 60.1. The van der Waals surface area contributed by atoms with E-state index in [9.17, 15) is 19.2 Å². The number of fused-ring (bicyclic) bond motifs is 1. The van der Waals surface area contributed by atoms with Crippen molar-refractivity contribution in [2.24, 2.45) is 7.05 Å². The number of piperazine rings is 1. The number of carbonyl (C=O) groups excluding carboxylic acids is 1. The van der Waals surface area contributed by atoms with E-state index in [1.165, 1.54) is 24.9 Å². The minimum absolute atomic E-state index is 0.00398. The Labute approximate surface area is 176 Å². The van der Waals surface area contributed by atoms with E-state index in [2.05, 4.69) is 9.97 Å². The predicted octanol–water partition coefficient (Wildman–Crippen LogP) is -0.367. The van der Waals surface area contributed by atoms with Crippen LogP contribution in [0.5, 0.6) is 0 Å². The molecule has 1 atom stereocenters. The van der Waals surface area contributed by atoms with Crippen LogP contribution in [0.4, 0.5) is 5.82 Å². The fourth-order valence-electron chi connectivity index (χ4n) is 3.76. The van der Waals surface area contributed by atoms with Crippen LogP contribution in [-0.4, -0.2) is 61.8 Å². The summed E-state index contributed by atoms with van der Waals surface area (Å²) in [6.07, 6.45) is 0.257. The molecule has 2 aliphatic heterocycles. The Hall–Kier alpha value is -2.82. The van der Waals surface area contributed by atoms with Crippen molar-refractivity contribution in [3.05, 3.63) is 48.5 Å². The Morgan fingerprint density at radius 3 is 2.57 bits per heavy atom. The number of amides is 1. The third-order valence-corrected chi connectivity index (χ3v) is 6.93. The molecule has 11 heteroatoms. The SMILES string of the molecule is Cc1nc2n(c(=O)c1C)C(CC(=O)N1CCN(c3cc(=O)n(C)c(=O)[nH]3)CC1)CS2. The van der Waals surface area contributed by atoms with E-state index in [4.69, 9.17) is 0 Å². The molecule has 2 aliphatic rings.